The van der Waals surface area contributed by atoms with Gasteiger partial charge in [0.25, 0.3) is 5.91 Å². The van der Waals surface area contributed by atoms with E-state index < -0.39 is 5.97 Å². The van der Waals surface area contributed by atoms with Crippen LogP contribution in [0.3, 0.4) is 0 Å². The summed E-state index contributed by atoms with van der Waals surface area (Å²) in [7, 11) is 2.05. The van der Waals surface area contributed by atoms with Crippen LogP contribution in [0.1, 0.15) is 27.6 Å². The molecule has 19 heavy (non-hydrogen) atoms. The predicted octanol–water partition coefficient (Wildman–Crippen LogP) is 1.16. The van der Waals surface area contributed by atoms with Gasteiger partial charge in [-0.3, -0.25) is 4.79 Å². The van der Waals surface area contributed by atoms with Gasteiger partial charge in [0, 0.05) is 31.2 Å². The Morgan fingerprint density at radius 3 is 2.26 bits per heavy atom. The van der Waals surface area contributed by atoms with E-state index in [-0.39, 0.29) is 11.5 Å². The summed E-state index contributed by atoms with van der Waals surface area (Å²) >= 11 is 0. The van der Waals surface area contributed by atoms with Crippen molar-refractivity contribution in [1.82, 2.24) is 9.80 Å². The second-order valence-corrected chi connectivity index (χ2v) is 4.96. The summed E-state index contributed by atoms with van der Waals surface area (Å²) in [5, 5.41) is 8.83. The molecule has 1 aromatic carbocycles. The number of carbonyl (C=O) groups excluding carboxylic acids is 1. The van der Waals surface area contributed by atoms with Crippen molar-refractivity contribution in [2.75, 3.05) is 26.7 Å². The van der Waals surface area contributed by atoms with E-state index >= 15 is 0 Å². The number of carboxylic acid groups (broad SMARTS) is 1. The van der Waals surface area contributed by atoms with Gasteiger partial charge < -0.3 is 14.9 Å². The van der Waals surface area contributed by atoms with Gasteiger partial charge in [-0.15, -0.1) is 0 Å². The van der Waals surface area contributed by atoms with Gasteiger partial charge in [0.05, 0.1) is 5.56 Å². The van der Waals surface area contributed by atoms with Crippen LogP contribution in [0.15, 0.2) is 24.3 Å². The van der Waals surface area contributed by atoms with Gasteiger partial charge in [-0.1, -0.05) is 0 Å². The lowest BCUT2D eigenvalue weighted by Crippen LogP contribution is -2.52. The number of aromatic carboxylic acids is 1. The van der Waals surface area contributed by atoms with Gasteiger partial charge >= 0.3 is 5.97 Å². The summed E-state index contributed by atoms with van der Waals surface area (Å²) in [5.41, 5.74) is 0.741. The topological polar surface area (TPSA) is 60.9 Å². The number of nitrogens with zero attached hydrogens (tertiary/aromatic N) is 2. The van der Waals surface area contributed by atoms with Crippen LogP contribution in [0.4, 0.5) is 0 Å². The van der Waals surface area contributed by atoms with Gasteiger partial charge in [0.1, 0.15) is 0 Å². The maximum atomic E-state index is 12.3. The minimum absolute atomic E-state index is 0.0307. The number of carbonyl (C=O) groups is 2. The summed E-state index contributed by atoms with van der Waals surface area (Å²) in [6.07, 6.45) is 0. The third kappa shape index (κ3) is 2.93. The van der Waals surface area contributed by atoms with Crippen molar-refractivity contribution >= 4 is 11.9 Å². The Kier molecular flexibility index (Phi) is 3.85. The van der Waals surface area contributed by atoms with Crippen molar-refractivity contribution in [2.24, 2.45) is 0 Å². The molecule has 1 heterocycles. The summed E-state index contributed by atoms with van der Waals surface area (Å²) in [6.45, 7) is 4.36. The Labute approximate surface area is 112 Å². The normalized spacial score (nSPS) is 20.3. The molecule has 0 aliphatic carbocycles. The molecule has 0 spiro atoms. The third-order valence-corrected chi connectivity index (χ3v) is 3.63. The van der Waals surface area contributed by atoms with E-state index in [4.69, 9.17) is 5.11 Å². The largest absolute Gasteiger partial charge is 0.478 e. The van der Waals surface area contributed by atoms with Gasteiger partial charge in [-0.2, -0.15) is 0 Å². The molecule has 0 bridgehead atoms. The smallest absolute Gasteiger partial charge is 0.335 e. The highest BCUT2D eigenvalue weighted by Gasteiger charge is 2.25. The Morgan fingerprint density at radius 2 is 1.74 bits per heavy atom. The fourth-order valence-electron chi connectivity index (χ4n) is 2.17. The highest BCUT2D eigenvalue weighted by atomic mass is 16.4. The first-order valence-corrected chi connectivity index (χ1v) is 6.32. The van der Waals surface area contributed by atoms with Crippen LogP contribution in [0.2, 0.25) is 0 Å². The monoisotopic (exact) mass is 262 g/mol. The molecule has 1 atom stereocenters. The molecule has 2 rings (SSSR count). The first-order chi connectivity index (χ1) is 8.99. The van der Waals surface area contributed by atoms with Crippen molar-refractivity contribution in [3.05, 3.63) is 35.4 Å². The number of rotatable bonds is 2. The van der Waals surface area contributed by atoms with Crippen LogP contribution >= 0.6 is 0 Å². The number of piperazine rings is 1. The van der Waals surface area contributed by atoms with Crippen LogP contribution in [-0.4, -0.2) is 59.5 Å². The molecule has 1 unspecified atom stereocenters. The number of likely N-dealkylation sites (N-methyl/N-ethyl adjacent to an activating group) is 1. The molecule has 0 radical (unpaired) electrons. The molecule has 1 N–H and O–H groups in total. The molecule has 0 aromatic heterocycles. The molecular weight excluding hydrogens is 244 g/mol. The SMILES string of the molecule is CC1CN(C(=O)c2ccc(C(=O)O)cc2)CCN1C. The van der Waals surface area contributed by atoms with Gasteiger partial charge in [-0.05, 0) is 38.2 Å². The van der Waals surface area contributed by atoms with E-state index in [0.29, 0.717) is 24.7 Å². The van der Waals surface area contributed by atoms with Crippen molar-refractivity contribution in [2.45, 2.75) is 13.0 Å². The predicted molar refractivity (Wildman–Crippen MR) is 71.4 cm³/mol. The van der Waals surface area contributed by atoms with Crippen molar-refractivity contribution in [1.29, 1.82) is 0 Å². The van der Waals surface area contributed by atoms with E-state index in [2.05, 4.69) is 11.8 Å². The lowest BCUT2D eigenvalue weighted by Gasteiger charge is -2.37. The summed E-state index contributed by atoms with van der Waals surface area (Å²) < 4.78 is 0. The third-order valence-electron chi connectivity index (χ3n) is 3.63. The maximum Gasteiger partial charge on any atom is 0.335 e. The lowest BCUT2D eigenvalue weighted by atomic mass is 10.1. The Hall–Kier alpha value is -1.88. The molecular formula is C14H18N2O3. The Morgan fingerprint density at radius 1 is 1.16 bits per heavy atom. The zero-order valence-corrected chi connectivity index (χ0v) is 11.2. The van der Waals surface area contributed by atoms with Crippen LogP contribution in [0.5, 0.6) is 0 Å². The maximum absolute atomic E-state index is 12.3. The minimum atomic E-state index is -0.979. The first-order valence-electron chi connectivity index (χ1n) is 6.32. The molecule has 5 heteroatoms. The summed E-state index contributed by atoms with van der Waals surface area (Å²) in [5.74, 6) is -1.01. The van der Waals surface area contributed by atoms with Crippen LogP contribution in [0, 0.1) is 0 Å². The van der Waals surface area contributed by atoms with Crippen LogP contribution in [-0.2, 0) is 0 Å². The van der Waals surface area contributed by atoms with E-state index in [1.165, 1.54) is 12.1 Å². The second-order valence-electron chi connectivity index (χ2n) is 4.96. The first kappa shape index (κ1) is 13.5. The summed E-state index contributed by atoms with van der Waals surface area (Å²) in [6, 6.07) is 6.43. The number of hydrogen-bond acceptors (Lipinski definition) is 3. The van der Waals surface area contributed by atoms with Gasteiger partial charge in [-0.25, -0.2) is 4.79 Å². The number of benzene rings is 1. The summed E-state index contributed by atoms with van der Waals surface area (Å²) in [4.78, 5) is 27.1. The Balaban J connectivity index is 2.09. The van der Waals surface area contributed by atoms with E-state index in [1.807, 2.05) is 11.9 Å². The highest BCUT2D eigenvalue weighted by Crippen LogP contribution is 2.12. The molecule has 1 fully saturated rings. The quantitative estimate of drug-likeness (QED) is 0.869. The van der Waals surface area contributed by atoms with E-state index in [1.54, 1.807) is 12.1 Å². The van der Waals surface area contributed by atoms with Crippen LogP contribution < -0.4 is 0 Å². The van der Waals surface area contributed by atoms with Crippen molar-refractivity contribution in [3.8, 4) is 0 Å². The Bertz CT molecular complexity index is 484. The molecule has 1 saturated heterocycles. The molecule has 5 nitrogen and oxygen atoms in total. The van der Waals surface area contributed by atoms with E-state index in [9.17, 15) is 9.59 Å². The van der Waals surface area contributed by atoms with Crippen LogP contribution in [0.25, 0.3) is 0 Å². The molecule has 0 saturated carbocycles. The van der Waals surface area contributed by atoms with Gasteiger partial charge in [0.15, 0.2) is 0 Å². The highest BCUT2D eigenvalue weighted by molar-refractivity contribution is 5.96. The molecule has 102 valence electrons. The zero-order valence-electron chi connectivity index (χ0n) is 11.2. The second kappa shape index (κ2) is 5.40. The minimum Gasteiger partial charge on any atom is -0.478 e. The fourth-order valence-corrected chi connectivity index (χ4v) is 2.17. The van der Waals surface area contributed by atoms with Crippen molar-refractivity contribution < 1.29 is 14.7 Å². The molecule has 1 aliphatic rings. The number of amides is 1. The lowest BCUT2D eigenvalue weighted by molar-refractivity contribution is 0.0571. The fraction of sp³-hybridized carbons (Fsp3) is 0.429. The van der Waals surface area contributed by atoms with E-state index in [0.717, 1.165) is 6.54 Å². The van der Waals surface area contributed by atoms with Crippen molar-refractivity contribution in [3.63, 3.8) is 0 Å². The standard InChI is InChI=1S/C14H18N2O3/c1-10-9-16(8-7-15(10)2)13(17)11-3-5-12(6-4-11)14(18)19/h3-6,10H,7-9H2,1-2H3,(H,18,19). The van der Waals surface area contributed by atoms with Gasteiger partial charge in [0.2, 0.25) is 0 Å². The number of carboxylic acids is 1. The number of hydrogen-bond donors (Lipinski definition) is 1. The average molecular weight is 262 g/mol. The zero-order chi connectivity index (χ0) is 14.0. The molecule has 1 aliphatic heterocycles. The molecule has 1 amide bonds. The average Bonchev–Trinajstić information content (AvgIpc) is 2.41. The molecule has 1 aromatic rings.